The molecule has 0 aliphatic heterocycles. The molecule has 1 aromatic heterocycles. The summed E-state index contributed by atoms with van der Waals surface area (Å²) in [6.45, 7) is 5.48. The zero-order valence-corrected chi connectivity index (χ0v) is 16.9. The number of amides is 1. The van der Waals surface area contributed by atoms with Crippen molar-refractivity contribution in [3.05, 3.63) is 58.9 Å². The van der Waals surface area contributed by atoms with Gasteiger partial charge in [-0.25, -0.2) is 9.37 Å². The Hall–Kier alpha value is -2.31. The van der Waals surface area contributed by atoms with Gasteiger partial charge in [0.05, 0.1) is 10.2 Å². The number of aryl methyl sites for hydroxylation is 2. The number of aromatic nitrogens is 1. The molecule has 142 valence electrons. The van der Waals surface area contributed by atoms with Crippen molar-refractivity contribution in [2.24, 2.45) is 0 Å². The Kier molecular flexibility index (Phi) is 5.87. The van der Waals surface area contributed by atoms with Crippen LogP contribution in [0.2, 0.25) is 0 Å². The summed E-state index contributed by atoms with van der Waals surface area (Å²) in [6.07, 6.45) is 0.808. The number of hydrogen-bond donors (Lipinski definition) is 0. The van der Waals surface area contributed by atoms with Gasteiger partial charge in [-0.05, 0) is 76.3 Å². The van der Waals surface area contributed by atoms with Crippen molar-refractivity contribution in [3.8, 4) is 0 Å². The van der Waals surface area contributed by atoms with E-state index in [1.165, 1.54) is 29.0 Å². The van der Waals surface area contributed by atoms with E-state index in [0.29, 0.717) is 17.2 Å². The van der Waals surface area contributed by atoms with Gasteiger partial charge in [-0.15, -0.1) is 0 Å². The number of carbonyl (C=O) groups is 1. The van der Waals surface area contributed by atoms with Crippen LogP contribution >= 0.6 is 11.3 Å². The fourth-order valence-corrected chi connectivity index (χ4v) is 4.25. The Labute approximate surface area is 163 Å². The van der Waals surface area contributed by atoms with Gasteiger partial charge < -0.3 is 4.90 Å². The fraction of sp³-hybridized carbons (Fsp3) is 0.333. The molecule has 27 heavy (non-hydrogen) atoms. The van der Waals surface area contributed by atoms with E-state index >= 15 is 0 Å². The predicted molar refractivity (Wildman–Crippen MR) is 110 cm³/mol. The maximum Gasteiger partial charge on any atom is 0.260 e. The highest BCUT2D eigenvalue weighted by molar-refractivity contribution is 7.22. The fourth-order valence-electron chi connectivity index (χ4n) is 3.08. The minimum absolute atomic E-state index is 0.221. The Balaban J connectivity index is 1.98. The maximum atomic E-state index is 13.6. The van der Waals surface area contributed by atoms with Gasteiger partial charge in [-0.3, -0.25) is 9.69 Å². The van der Waals surface area contributed by atoms with Crippen molar-refractivity contribution in [1.82, 2.24) is 9.88 Å². The summed E-state index contributed by atoms with van der Waals surface area (Å²) in [5.74, 6) is -0.633. The molecule has 0 unspecified atom stereocenters. The van der Waals surface area contributed by atoms with Gasteiger partial charge in [0.15, 0.2) is 5.13 Å². The van der Waals surface area contributed by atoms with E-state index in [2.05, 4.69) is 24.0 Å². The van der Waals surface area contributed by atoms with Crippen LogP contribution in [0.25, 0.3) is 10.2 Å². The maximum absolute atomic E-state index is 13.6. The van der Waals surface area contributed by atoms with Crippen LogP contribution < -0.4 is 4.90 Å². The van der Waals surface area contributed by atoms with Crippen LogP contribution in [0.3, 0.4) is 0 Å². The van der Waals surface area contributed by atoms with E-state index in [1.54, 1.807) is 17.0 Å². The van der Waals surface area contributed by atoms with Crippen molar-refractivity contribution in [2.75, 3.05) is 32.1 Å². The van der Waals surface area contributed by atoms with Crippen molar-refractivity contribution < 1.29 is 9.18 Å². The number of nitrogens with zero attached hydrogens (tertiary/aromatic N) is 3. The van der Waals surface area contributed by atoms with Gasteiger partial charge in [0.25, 0.3) is 5.91 Å². The number of halogens is 1. The van der Waals surface area contributed by atoms with Gasteiger partial charge in [0.2, 0.25) is 0 Å². The van der Waals surface area contributed by atoms with Gasteiger partial charge in [0, 0.05) is 12.1 Å². The number of rotatable bonds is 6. The molecule has 0 saturated heterocycles. The van der Waals surface area contributed by atoms with E-state index in [9.17, 15) is 9.18 Å². The van der Waals surface area contributed by atoms with Gasteiger partial charge in [0.1, 0.15) is 5.82 Å². The van der Waals surface area contributed by atoms with E-state index in [-0.39, 0.29) is 5.91 Å². The number of hydrogen-bond acceptors (Lipinski definition) is 4. The molecule has 1 heterocycles. The predicted octanol–water partition coefficient (Wildman–Crippen LogP) is 4.65. The minimum Gasteiger partial charge on any atom is -0.309 e. The van der Waals surface area contributed by atoms with Gasteiger partial charge in [-0.1, -0.05) is 23.5 Å². The molecule has 0 spiro atoms. The van der Waals surface area contributed by atoms with E-state index in [1.807, 2.05) is 21.0 Å². The van der Waals surface area contributed by atoms with Crippen molar-refractivity contribution in [2.45, 2.75) is 20.3 Å². The molecule has 0 saturated carbocycles. The molecule has 4 nitrogen and oxygen atoms in total. The molecule has 0 aliphatic carbocycles. The molecule has 3 aromatic rings. The lowest BCUT2D eigenvalue weighted by Crippen LogP contribution is -2.33. The normalized spacial score (nSPS) is 11.3. The third-order valence-corrected chi connectivity index (χ3v) is 5.38. The SMILES string of the molecule is Cc1cc(C)c2nc(N(CCCN(C)C)C(=O)c3cccc(F)c3)sc2c1. The summed E-state index contributed by atoms with van der Waals surface area (Å²) < 4.78 is 14.7. The van der Waals surface area contributed by atoms with E-state index in [4.69, 9.17) is 4.98 Å². The number of fused-ring (bicyclic) bond motifs is 1. The van der Waals surface area contributed by atoms with Gasteiger partial charge in [-0.2, -0.15) is 0 Å². The average molecular weight is 386 g/mol. The van der Waals surface area contributed by atoms with Crippen molar-refractivity contribution >= 4 is 32.6 Å². The first-order valence-electron chi connectivity index (χ1n) is 8.95. The summed E-state index contributed by atoms with van der Waals surface area (Å²) in [6, 6.07) is 10.0. The Bertz CT molecular complexity index is 967. The smallest absolute Gasteiger partial charge is 0.260 e. The standard InChI is InChI=1S/C21H24FN3OS/c1-14-11-15(2)19-18(12-14)27-21(23-19)25(10-6-9-24(3)4)20(26)16-7-5-8-17(22)13-16/h5,7-8,11-13H,6,9-10H2,1-4H3. The monoisotopic (exact) mass is 385 g/mol. The summed E-state index contributed by atoms with van der Waals surface area (Å²) >= 11 is 1.51. The second-order valence-corrected chi connectivity index (χ2v) is 8.06. The molecular weight excluding hydrogens is 361 g/mol. The highest BCUT2D eigenvalue weighted by Crippen LogP contribution is 2.32. The quantitative estimate of drug-likeness (QED) is 0.620. The zero-order valence-electron chi connectivity index (χ0n) is 16.1. The van der Waals surface area contributed by atoms with E-state index < -0.39 is 5.82 Å². The number of anilines is 1. The van der Waals surface area contributed by atoms with Crippen molar-refractivity contribution in [3.63, 3.8) is 0 Å². The number of thiazole rings is 1. The summed E-state index contributed by atoms with van der Waals surface area (Å²) in [7, 11) is 4.01. The molecule has 0 bridgehead atoms. The largest absolute Gasteiger partial charge is 0.309 e. The second kappa shape index (κ2) is 8.15. The molecule has 3 rings (SSSR count). The molecule has 0 radical (unpaired) electrons. The van der Waals surface area contributed by atoms with Crippen LogP contribution in [-0.4, -0.2) is 43.0 Å². The third-order valence-electron chi connectivity index (χ3n) is 4.35. The zero-order chi connectivity index (χ0) is 19.6. The first kappa shape index (κ1) is 19.5. The lowest BCUT2D eigenvalue weighted by molar-refractivity contribution is 0.0985. The highest BCUT2D eigenvalue weighted by atomic mass is 32.1. The molecule has 2 aromatic carbocycles. The van der Waals surface area contributed by atoms with Crippen LogP contribution in [0.1, 0.15) is 27.9 Å². The molecule has 0 atom stereocenters. The second-order valence-electron chi connectivity index (χ2n) is 7.05. The molecule has 0 aliphatic rings. The number of carbonyl (C=O) groups excluding carboxylic acids is 1. The van der Waals surface area contributed by atoms with Crippen LogP contribution in [-0.2, 0) is 0 Å². The first-order chi connectivity index (χ1) is 12.8. The summed E-state index contributed by atoms with van der Waals surface area (Å²) in [5.41, 5.74) is 3.53. The third kappa shape index (κ3) is 4.51. The number of benzene rings is 2. The van der Waals surface area contributed by atoms with Crippen LogP contribution in [0, 0.1) is 19.7 Å². The van der Waals surface area contributed by atoms with Crippen LogP contribution in [0.15, 0.2) is 36.4 Å². The lowest BCUT2D eigenvalue weighted by atomic mass is 10.1. The molecule has 6 heteroatoms. The van der Waals surface area contributed by atoms with Crippen LogP contribution in [0.4, 0.5) is 9.52 Å². The molecular formula is C21H24FN3OS. The van der Waals surface area contributed by atoms with Crippen molar-refractivity contribution in [1.29, 1.82) is 0 Å². The molecule has 1 amide bonds. The highest BCUT2D eigenvalue weighted by Gasteiger charge is 2.22. The summed E-state index contributed by atoms with van der Waals surface area (Å²) in [5, 5.41) is 0.659. The van der Waals surface area contributed by atoms with Crippen LogP contribution in [0.5, 0.6) is 0 Å². The van der Waals surface area contributed by atoms with Gasteiger partial charge >= 0.3 is 0 Å². The average Bonchev–Trinajstić information content (AvgIpc) is 3.02. The first-order valence-corrected chi connectivity index (χ1v) is 9.77. The Morgan fingerprint density at radius 3 is 2.63 bits per heavy atom. The van der Waals surface area contributed by atoms with E-state index in [0.717, 1.165) is 28.7 Å². The Morgan fingerprint density at radius 1 is 1.15 bits per heavy atom. The molecule has 0 N–H and O–H groups in total. The minimum atomic E-state index is -0.412. The Morgan fingerprint density at radius 2 is 1.93 bits per heavy atom. The summed E-state index contributed by atoms with van der Waals surface area (Å²) in [4.78, 5) is 21.6. The lowest BCUT2D eigenvalue weighted by Gasteiger charge is -2.21. The topological polar surface area (TPSA) is 36.4 Å². The molecule has 0 fully saturated rings.